The number of nitrogens with zero attached hydrogens (tertiary/aromatic N) is 4. The average molecular weight is 554 g/mol. The van der Waals surface area contributed by atoms with Gasteiger partial charge in [0.15, 0.2) is 0 Å². The number of nitrogens with one attached hydrogen (secondary N) is 1. The van der Waals surface area contributed by atoms with Gasteiger partial charge in [-0.25, -0.2) is 9.48 Å². The number of esters is 1. The molecule has 198 valence electrons. The molecule has 1 amide bonds. The van der Waals surface area contributed by atoms with Crippen LogP contribution in [0.15, 0.2) is 110 Å². The van der Waals surface area contributed by atoms with Crippen molar-refractivity contribution >= 4 is 34.9 Å². The van der Waals surface area contributed by atoms with Gasteiger partial charge in [0.2, 0.25) is 6.10 Å². The Balaban J connectivity index is 1.49. The second-order valence-electron chi connectivity index (χ2n) is 8.52. The first kappa shape index (κ1) is 26.3. The lowest BCUT2D eigenvalue weighted by molar-refractivity contribution is -0.384. The Morgan fingerprint density at radius 1 is 0.975 bits per heavy atom. The van der Waals surface area contributed by atoms with Crippen LogP contribution in [-0.2, 0) is 9.53 Å². The van der Waals surface area contributed by atoms with Crippen LogP contribution in [0.1, 0.15) is 22.0 Å². The fourth-order valence-electron chi connectivity index (χ4n) is 3.96. The van der Waals surface area contributed by atoms with Crippen LogP contribution in [0.2, 0.25) is 5.02 Å². The van der Waals surface area contributed by atoms with Crippen LogP contribution in [0.25, 0.3) is 16.9 Å². The Morgan fingerprint density at radius 3 is 2.38 bits per heavy atom. The molecule has 1 unspecified atom stereocenters. The van der Waals surface area contributed by atoms with Crippen LogP contribution >= 0.6 is 11.6 Å². The van der Waals surface area contributed by atoms with Crippen LogP contribution in [-0.4, -0.2) is 31.6 Å². The molecule has 0 saturated heterocycles. The van der Waals surface area contributed by atoms with Gasteiger partial charge in [0, 0.05) is 41.5 Å². The van der Waals surface area contributed by atoms with E-state index in [-0.39, 0.29) is 22.0 Å². The molecule has 1 atom stereocenters. The number of pyridine rings is 1. The third-order valence-electron chi connectivity index (χ3n) is 5.87. The molecule has 0 bridgehead atoms. The molecule has 0 saturated carbocycles. The topological polar surface area (TPSA) is 129 Å². The first-order valence-corrected chi connectivity index (χ1v) is 12.3. The Bertz CT molecular complexity index is 1680. The molecule has 2 aromatic heterocycles. The molecular weight excluding hydrogens is 534 g/mol. The number of aromatic nitrogens is 3. The van der Waals surface area contributed by atoms with Gasteiger partial charge in [0.05, 0.1) is 10.6 Å². The molecule has 5 aromatic rings. The molecule has 0 aliphatic rings. The third kappa shape index (κ3) is 5.71. The summed E-state index contributed by atoms with van der Waals surface area (Å²) in [4.78, 5) is 41.8. The van der Waals surface area contributed by atoms with E-state index >= 15 is 0 Å². The summed E-state index contributed by atoms with van der Waals surface area (Å²) in [6, 6.07) is 25.0. The first-order valence-electron chi connectivity index (χ1n) is 12.0. The smallest absolute Gasteiger partial charge is 0.343 e. The number of benzene rings is 3. The summed E-state index contributed by atoms with van der Waals surface area (Å²) < 4.78 is 7.33. The van der Waals surface area contributed by atoms with Crippen molar-refractivity contribution in [3.05, 3.63) is 136 Å². The molecule has 3 aromatic carbocycles. The van der Waals surface area contributed by atoms with E-state index in [0.29, 0.717) is 22.5 Å². The van der Waals surface area contributed by atoms with E-state index in [1.54, 1.807) is 59.5 Å². The van der Waals surface area contributed by atoms with E-state index in [1.807, 2.05) is 30.3 Å². The van der Waals surface area contributed by atoms with Gasteiger partial charge >= 0.3 is 5.97 Å². The highest BCUT2D eigenvalue weighted by Gasteiger charge is 2.29. The summed E-state index contributed by atoms with van der Waals surface area (Å²) in [5.74, 6) is -1.51. The number of hydrogen-bond donors (Lipinski definition) is 1. The maximum absolute atomic E-state index is 13.6. The average Bonchev–Trinajstić information content (AvgIpc) is 3.44. The predicted molar refractivity (Wildman–Crippen MR) is 148 cm³/mol. The highest BCUT2D eigenvalue weighted by Crippen LogP contribution is 2.30. The number of halogens is 1. The van der Waals surface area contributed by atoms with Crippen molar-refractivity contribution in [3.8, 4) is 16.9 Å². The molecule has 0 aliphatic heterocycles. The summed E-state index contributed by atoms with van der Waals surface area (Å²) in [7, 11) is 0. The van der Waals surface area contributed by atoms with E-state index < -0.39 is 22.9 Å². The molecule has 40 heavy (non-hydrogen) atoms. The zero-order valence-electron chi connectivity index (χ0n) is 20.7. The summed E-state index contributed by atoms with van der Waals surface area (Å²) in [5.41, 5.74) is 1.88. The Morgan fingerprint density at radius 2 is 1.70 bits per heavy atom. The highest BCUT2D eigenvalue weighted by molar-refractivity contribution is 6.32. The number of amides is 1. The predicted octanol–water partition coefficient (Wildman–Crippen LogP) is 6.03. The summed E-state index contributed by atoms with van der Waals surface area (Å²) in [6.07, 6.45) is 3.32. The number of rotatable bonds is 8. The Hall–Kier alpha value is -5.35. The standard InChI is InChI=1S/C29H20ClN5O5/c30-24-14-13-21(16-25(24)35(38)39)32-28(36)27(19-8-3-1-4-9-19)40-29(37)23-18-34(22-11-5-2-6-12-22)33-26(23)20-10-7-15-31-17-20/h1-18,27H,(H,32,36). The Kier molecular flexibility index (Phi) is 7.61. The number of nitro benzene ring substituents is 1. The Labute approximate surface area is 233 Å². The minimum Gasteiger partial charge on any atom is -0.444 e. The van der Waals surface area contributed by atoms with Crippen molar-refractivity contribution in [3.63, 3.8) is 0 Å². The zero-order valence-corrected chi connectivity index (χ0v) is 21.4. The highest BCUT2D eigenvalue weighted by atomic mass is 35.5. The largest absolute Gasteiger partial charge is 0.444 e. The van der Waals surface area contributed by atoms with E-state index in [4.69, 9.17) is 16.3 Å². The van der Waals surface area contributed by atoms with Gasteiger partial charge in [-0.15, -0.1) is 0 Å². The van der Waals surface area contributed by atoms with Crippen molar-refractivity contribution in [2.75, 3.05) is 5.32 Å². The summed E-state index contributed by atoms with van der Waals surface area (Å²) in [6.45, 7) is 0. The van der Waals surface area contributed by atoms with E-state index in [1.165, 1.54) is 18.3 Å². The monoisotopic (exact) mass is 553 g/mol. The molecule has 5 rings (SSSR count). The zero-order chi connectivity index (χ0) is 28.1. The second-order valence-corrected chi connectivity index (χ2v) is 8.93. The van der Waals surface area contributed by atoms with Gasteiger partial charge in [0.1, 0.15) is 16.3 Å². The molecule has 10 nitrogen and oxygen atoms in total. The minimum absolute atomic E-state index is 0.0765. The second kappa shape index (κ2) is 11.6. The lowest BCUT2D eigenvalue weighted by Crippen LogP contribution is -2.26. The molecular formula is C29H20ClN5O5. The van der Waals surface area contributed by atoms with E-state index in [2.05, 4.69) is 15.4 Å². The normalized spacial score (nSPS) is 11.4. The van der Waals surface area contributed by atoms with Gasteiger partial charge in [-0.1, -0.05) is 60.1 Å². The van der Waals surface area contributed by atoms with Crippen molar-refractivity contribution < 1.29 is 19.2 Å². The maximum Gasteiger partial charge on any atom is 0.343 e. The minimum atomic E-state index is -1.38. The number of carbonyl (C=O) groups is 2. The fourth-order valence-corrected chi connectivity index (χ4v) is 4.15. The first-order chi connectivity index (χ1) is 19.4. The molecule has 11 heteroatoms. The van der Waals surface area contributed by atoms with E-state index in [9.17, 15) is 19.7 Å². The number of para-hydroxylation sites is 1. The SMILES string of the molecule is O=C(OC(C(=O)Nc1ccc(Cl)c([N+](=O)[O-])c1)c1ccccc1)c1cn(-c2ccccc2)nc1-c1cccnc1. The molecule has 0 spiro atoms. The fraction of sp³-hybridized carbons (Fsp3) is 0.0345. The van der Waals surface area contributed by atoms with Crippen LogP contribution in [0.3, 0.4) is 0 Å². The summed E-state index contributed by atoms with van der Waals surface area (Å²) in [5, 5.41) is 18.4. The van der Waals surface area contributed by atoms with Gasteiger partial charge in [0.25, 0.3) is 11.6 Å². The third-order valence-corrected chi connectivity index (χ3v) is 6.19. The van der Waals surface area contributed by atoms with Crippen LogP contribution in [0, 0.1) is 10.1 Å². The van der Waals surface area contributed by atoms with Crippen molar-refractivity contribution in [1.29, 1.82) is 0 Å². The maximum atomic E-state index is 13.6. The number of ether oxygens (including phenoxy) is 1. The lowest BCUT2D eigenvalue weighted by atomic mass is 10.1. The van der Waals surface area contributed by atoms with Gasteiger partial charge in [-0.3, -0.25) is 19.9 Å². The van der Waals surface area contributed by atoms with Gasteiger partial charge in [-0.05, 0) is 36.4 Å². The van der Waals surface area contributed by atoms with Crippen LogP contribution in [0.5, 0.6) is 0 Å². The van der Waals surface area contributed by atoms with Gasteiger partial charge < -0.3 is 10.1 Å². The van der Waals surface area contributed by atoms with Crippen LogP contribution in [0.4, 0.5) is 11.4 Å². The number of anilines is 1. The van der Waals surface area contributed by atoms with Crippen LogP contribution < -0.4 is 5.32 Å². The molecule has 2 heterocycles. The molecule has 0 aliphatic carbocycles. The van der Waals surface area contributed by atoms with Crippen molar-refractivity contribution in [2.45, 2.75) is 6.10 Å². The lowest BCUT2D eigenvalue weighted by Gasteiger charge is -2.18. The number of nitro groups is 1. The molecule has 0 radical (unpaired) electrons. The van der Waals surface area contributed by atoms with E-state index in [0.717, 1.165) is 6.07 Å². The number of carbonyl (C=O) groups excluding carboxylic acids is 2. The quantitative estimate of drug-likeness (QED) is 0.141. The molecule has 0 fully saturated rings. The number of hydrogen-bond acceptors (Lipinski definition) is 7. The summed E-state index contributed by atoms with van der Waals surface area (Å²) >= 11 is 5.90. The molecule has 1 N–H and O–H groups in total. The van der Waals surface area contributed by atoms with Crippen molar-refractivity contribution in [1.82, 2.24) is 14.8 Å². The van der Waals surface area contributed by atoms with Gasteiger partial charge in [-0.2, -0.15) is 5.10 Å². The van der Waals surface area contributed by atoms with Crippen molar-refractivity contribution in [2.24, 2.45) is 0 Å².